The van der Waals surface area contributed by atoms with Crippen LogP contribution in [0.1, 0.15) is 29.1 Å². The molecule has 1 saturated heterocycles. The average molecular weight is 352 g/mol. The van der Waals surface area contributed by atoms with Gasteiger partial charge in [0.15, 0.2) is 0 Å². The quantitative estimate of drug-likeness (QED) is 0.896. The number of carbonyl (C=O) groups excluding carboxylic acids is 1. The number of hydrogen-bond acceptors (Lipinski definition) is 3. The summed E-state index contributed by atoms with van der Waals surface area (Å²) in [4.78, 5) is 13.6. The Balaban J connectivity index is 1.62. The predicted molar refractivity (Wildman–Crippen MR) is 85.6 cm³/mol. The number of carbonyl (C=O) groups is 1. The zero-order valence-corrected chi connectivity index (χ0v) is 13.8. The minimum atomic E-state index is -4.42. The number of benzene rings is 1. The fourth-order valence-electron chi connectivity index (χ4n) is 3.03. The Kier molecular flexibility index (Phi) is 4.85. The molecule has 4 nitrogen and oxygen atoms in total. The molecule has 3 rings (SSSR count). The molecular formula is C18H19F3N2O2. The number of amides is 1. The molecule has 0 spiro atoms. The van der Waals surface area contributed by atoms with Crippen LogP contribution in [0.2, 0.25) is 0 Å². The first-order valence-corrected chi connectivity index (χ1v) is 8.04. The molecule has 2 aromatic rings. The summed E-state index contributed by atoms with van der Waals surface area (Å²) in [6, 6.07) is 8.99. The molecule has 1 aromatic heterocycles. The van der Waals surface area contributed by atoms with E-state index in [9.17, 15) is 18.0 Å². The summed E-state index contributed by atoms with van der Waals surface area (Å²) in [6.45, 7) is 2.68. The summed E-state index contributed by atoms with van der Waals surface area (Å²) in [5.41, 5.74) is -0.573. The van der Waals surface area contributed by atoms with Gasteiger partial charge in [0, 0.05) is 25.6 Å². The summed E-state index contributed by atoms with van der Waals surface area (Å²) >= 11 is 0. The summed E-state index contributed by atoms with van der Waals surface area (Å²) in [7, 11) is 0. The molecule has 0 saturated carbocycles. The number of nitrogens with zero attached hydrogens (tertiary/aromatic N) is 1. The third-order valence-electron chi connectivity index (χ3n) is 4.26. The SMILES string of the molecule is Cc1ccc(CNC2CC(=O)N(Cc3ccccc3C(F)(F)F)C2)o1. The molecule has 1 atom stereocenters. The van der Waals surface area contributed by atoms with Gasteiger partial charge >= 0.3 is 6.18 Å². The molecule has 134 valence electrons. The largest absolute Gasteiger partial charge is 0.465 e. The van der Waals surface area contributed by atoms with Crippen LogP contribution in [0, 0.1) is 6.92 Å². The fourth-order valence-corrected chi connectivity index (χ4v) is 3.03. The maximum absolute atomic E-state index is 13.1. The Morgan fingerprint density at radius 1 is 1.24 bits per heavy atom. The zero-order chi connectivity index (χ0) is 18.0. The van der Waals surface area contributed by atoms with Gasteiger partial charge in [0.1, 0.15) is 11.5 Å². The molecule has 1 amide bonds. The van der Waals surface area contributed by atoms with Gasteiger partial charge in [0.05, 0.1) is 12.1 Å². The van der Waals surface area contributed by atoms with Crippen LogP contribution >= 0.6 is 0 Å². The third-order valence-corrected chi connectivity index (χ3v) is 4.26. The highest BCUT2D eigenvalue weighted by molar-refractivity contribution is 5.79. The normalized spacial score (nSPS) is 18.2. The lowest BCUT2D eigenvalue weighted by molar-refractivity contribution is -0.139. The van der Waals surface area contributed by atoms with Crippen molar-refractivity contribution >= 4 is 5.91 Å². The van der Waals surface area contributed by atoms with Crippen molar-refractivity contribution in [2.45, 2.75) is 38.7 Å². The Morgan fingerprint density at radius 2 is 2.00 bits per heavy atom. The predicted octanol–water partition coefficient (Wildman–Crippen LogP) is 3.50. The number of halogens is 3. The Hall–Kier alpha value is -2.28. The van der Waals surface area contributed by atoms with Gasteiger partial charge in [-0.1, -0.05) is 18.2 Å². The highest BCUT2D eigenvalue weighted by Crippen LogP contribution is 2.32. The van der Waals surface area contributed by atoms with Crippen LogP contribution in [0.4, 0.5) is 13.2 Å². The molecule has 25 heavy (non-hydrogen) atoms. The molecular weight excluding hydrogens is 333 g/mol. The molecule has 0 radical (unpaired) electrons. The van der Waals surface area contributed by atoms with E-state index >= 15 is 0 Å². The second kappa shape index (κ2) is 6.92. The second-order valence-electron chi connectivity index (χ2n) is 6.22. The molecule has 7 heteroatoms. The molecule has 1 aliphatic heterocycles. The van der Waals surface area contributed by atoms with Crippen LogP contribution in [0.3, 0.4) is 0 Å². The lowest BCUT2D eigenvalue weighted by atomic mass is 10.1. The number of aryl methyl sites for hydroxylation is 1. The van der Waals surface area contributed by atoms with Gasteiger partial charge in [0.25, 0.3) is 0 Å². The van der Waals surface area contributed by atoms with Crippen molar-refractivity contribution in [3.05, 3.63) is 59.0 Å². The van der Waals surface area contributed by atoms with E-state index in [0.29, 0.717) is 13.1 Å². The van der Waals surface area contributed by atoms with Crippen molar-refractivity contribution in [2.24, 2.45) is 0 Å². The third kappa shape index (κ3) is 4.22. The van der Waals surface area contributed by atoms with Gasteiger partial charge in [-0.05, 0) is 30.7 Å². The molecule has 1 aromatic carbocycles. The smallest absolute Gasteiger partial charge is 0.416 e. The number of nitrogens with one attached hydrogen (secondary N) is 1. The lowest BCUT2D eigenvalue weighted by Gasteiger charge is -2.20. The number of hydrogen-bond donors (Lipinski definition) is 1. The minimum absolute atomic E-state index is 0.0352. The van der Waals surface area contributed by atoms with E-state index in [1.54, 1.807) is 6.07 Å². The van der Waals surface area contributed by atoms with Crippen LogP contribution in [-0.4, -0.2) is 23.4 Å². The lowest BCUT2D eigenvalue weighted by Crippen LogP contribution is -2.32. The van der Waals surface area contributed by atoms with Crippen molar-refractivity contribution < 1.29 is 22.4 Å². The van der Waals surface area contributed by atoms with Gasteiger partial charge in [-0.15, -0.1) is 0 Å². The number of likely N-dealkylation sites (tertiary alicyclic amines) is 1. The minimum Gasteiger partial charge on any atom is -0.465 e. The van der Waals surface area contributed by atoms with E-state index < -0.39 is 11.7 Å². The molecule has 1 aliphatic rings. The van der Waals surface area contributed by atoms with Gasteiger partial charge < -0.3 is 14.6 Å². The van der Waals surface area contributed by atoms with Crippen molar-refractivity contribution in [2.75, 3.05) is 6.54 Å². The Labute approximate surface area is 143 Å². The van der Waals surface area contributed by atoms with E-state index in [0.717, 1.165) is 17.6 Å². The van der Waals surface area contributed by atoms with Crippen LogP contribution in [0.25, 0.3) is 0 Å². The van der Waals surface area contributed by atoms with E-state index in [1.165, 1.54) is 17.0 Å². The fraction of sp³-hybridized carbons (Fsp3) is 0.389. The standard InChI is InChI=1S/C18H19F3N2O2/c1-12-6-7-15(25-12)9-22-14-8-17(24)23(11-14)10-13-4-2-3-5-16(13)18(19,20)21/h2-7,14,22H,8-11H2,1H3. The first-order valence-electron chi connectivity index (χ1n) is 8.04. The van der Waals surface area contributed by atoms with E-state index in [-0.39, 0.29) is 30.5 Å². The molecule has 1 N–H and O–H groups in total. The maximum Gasteiger partial charge on any atom is 0.416 e. The Bertz CT molecular complexity index is 755. The van der Waals surface area contributed by atoms with Gasteiger partial charge in [-0.2, -0.15) is 13.2 Å². The first-order chi connectivity index (χ1) is 11.8. The maximum atomic E-state index is 13.1. The summed E-state index contributed by atoms with van der Waals surface area (Å²) in [5.74, 6) is 1.43. The summed E-state index contributed by atoms with van der Waals surface area (Å²) < 4.78 is 44.7. The number of alkyl halides is 3. The van der Waals surface area contributed by atoms with Crippen LogP contribution in [0.5, 0.6) is 0 Å². The topological polar surface area (TPSA) is 45.5 Å². The average Bonchev–Trinajstić information content (AvgIpc) is 3.11. The van der Waals surface area contributed by atoms with Crippen LogP contribution < -0.4 is 5.32 Å². The van der Waals surface area contributed by atoms with E-state index in [2.05, 4.69) is 5.32 Å². The summed E-state index contributed by atoms with van der Waals surface area (Å²) in [5, 5.41) is 3.22. The van der Waals surface area contributed by atoms with Gasteiger partial charge in [-0.25, -0.2) is 0 Å². The summed E-state index contributed by atoms with van der Waals surface area (Å²) in [6.07, 6.45) is -4.15. The first kappa shape index (κ1) is 17.5. The molecule has 1 unspecified atom stereocenters. The second-order valence-corrected chi connectivity index (χ2v) is 6.22. The Morgan fingerprint density at radius 3 is 2.68 bits per heavy atom. The highest BCUT2D eigenvalue weighted by Gasteiger charge is 2.35. The highest BCUT2D eigenvalue weighted by atomic mass is 19.4. The number of furan rings is 1. The molecule has 0 bridgehead atoms. The molecule has 0 aliphatic carbocycles. The van der Waals surface area contributed by atoms with Gasteiger partial charge in [0.2, 0.25) is 5.91 Å². The van der Waals surface area contributed by atoms with Crippen molar-refractivity contribution in [3.8, 4) is 0 Å². The number of rotatable bonds is 5. The van der Waals surface area contributed by atoms with Crippen molar-refractivity contribution in [1.29, 1.82) is 0 Å². The van der Waals surface area contributed by atoms with Crippen LogP contribution in [0.15, 0.2) is 40.8 Å². The van der Waals surface area contributed by atoms with Crippen LogP contribution in [-0.2, 0) is 24.1 Å². The van der Waals surface area contributed by atoms with Crippen molar-refractivity contribution in [3.63, 3.8) is 0 Å². The van der Waals surface area contributed by atoms with Crippen molar-refractivity contribution in [1.82, 2.24) is 10.2 Å². The van der Waals surface area contributed by atoms with E-state index in [1.807, 2.05) is 19.1 Å². The zero-order valence-electron chi connectivity index (χ0n) is 13.8. The van der Waals surface area contributed by atoms with E-state index in [4.69, 9.17) is 4.42 Å². The van der Waals surface area contributed by atoms with Gasteiger partial charge in [-0.3, -0.25) is 4.79 Å². The molecule has 2 heterocycles. The monoisotopic (exact) mass is 352 g/mol. The molecule has 1 fully saturated rings.